The van der Waals surface area contributed by atoms with Gasteiger partial charge >= 0.3 is 0 Å². The fraction of sp³-hybridized carbons (Fsp3) is 0.476. The number of aromatic nitrogens is 3. The first-order chi connectivity index (χ1) is 13.8. The first-order valence-electron chi connectivity index (χ1n) is 9.89. The molecule has 1 fully saturated rings. The average Bonchev–Trinajstić information content (AvgIpc) is 2.91. The molecule has 1 N–H and O–H groups in total. The van der Waals surface area contributed by atoms with Gasteiger partial charge in [0.25, 0.3) is 0 Å². The van der Waals surface area contributed by atoms with E-state index in [1.807, 2.05) is 34.9 Å². The van der Waals surface area contributed by atoms with Crippen LogP contribution in [0.5, 0.6) is 5.75 Å². The third-order valence-corrected chi connectivity index (χ3v) is 5.74. The molecule has 1 aliphatic carbocycles. The standard InChI is InChI=1S/C21H28N4O2S/c1-2-14-25-19(15-27-18-12-8-5-9-13-18)23-24-21(25)28-16-20(26)22-17-10-6-3-4-7-11-17/h2,5,8-9,12-13,17H,1,3-4,6-7,10-11,14-16H2,(H,22,26). The minimum Gasteiger partial charge on any atom is -0.486 e. The van der Waals surface area contributed by atoms with Crippen molar-refractivity contribution in [3.05, 3.63) is 48.8 Å². The Balaban J connectivity index is 1.54. The minimum absolute atomic E-state index is 0.0622. The van der Waals surface area contributed by atoms with E-state index in [-0.39, 0.29) is 5.91 Å². The van der Waals surface area contributed by atoms with E-state index in [0.29, 0.717) is 30.1 Å². The molecule has 0 bridgehead atoms. The number of carbonyl (C=O) groups excluding carboxylic acids is 1. The molecule has 150 valence electrons. The van der Waals surface area contributed by atoms with Crippen LogP contribution in [0.25, 0.3) is 0 Å². The van der Waals surface area contributed by atoms with Crippen molar-refractivity contribution in [3.63, 3.8) is 0 Å². The summed E-state index contributed by atoms with van der Waals surface area (Å²) in [7, 11) is 0. The Bertz CT molecular complexity index is 755. The van der Waals surface area contributed by atoms with Crippen molar-refractivity contribution in [3.8, 4) is 5.75 Å². The zero-order valence-electron chi connectivity index (χ0n) is 16.2. The van der Waals surface area contributed by atoms with Crippen LogP contribution in [0.15, 0.2) is 48.1 Å². The number of para-hydroxylation sites is 1. The molecular formula is C21H28N4O2S. The number of nitrogens with zero attached hydrogens (tertiary/aromatic N) is 3. The fourth-order valence-corrected chi connectivity index (χ4v) is 4.11. The first-order valence-corrected chi connectivity index (χ1v) is 10.9. The lowest BCUT2D eigenvalue weighted by atomic mass is 10.1. The van der Waals surface area contributed by atoms with Gasteiger partial charge in [-0.05, 0) is 25.0 Å². The highest BCUT2D eigenvalue weighted by atomic mass is 32.2. The van der Waals surface area contributed by atoms with Crippen molar-refractivity contribution in [2.24, 2.45) is 0 Å². The quantitative estimate of drug-likeness (QED) is 0.392. The van der Waals surface area contributed by atoms with Crippen LogP contribution >= 0.6 is 11.8 Å². The predicted molar refractivity (Wildman–Crippen MR) is 111 cm³/mol. The zero-order valence-corrected chi connectivity index (χ0v) is 17.0. The van der Waals surface area contributed by atoms with E-state index in [1.54, 1.807) is 6.08 Å². The van der Waals surface area contributed by atoms with Crippen molar-refractivity contribution in [1.29, 1.82) is 0 Å². The fourth-order valence-electron chi connectivity index (χ4n) is 3.33. The van der Waals surface area contributed by atoms with Gasteiger partial charge in [0.1, 0.15) is 12.4 Å². The summed E-state index contributed by atoms with van der Waals surface area (Å²) in [5.41, 5.74) is 0. The molecule has 1 saturated carbocycles. The molecule has 28 heavy (non-hydrogen) atoms. The van der Waals surface area contributed by atoms with Crippen molar-refractivity contribution in [2.75, 3.05) is 5.75 Å². The van der Waals surface area contributed by atoms with E-state index in [2.05, 4.69) is 22.1 Å². The Morgan fingerprint density at radius 1 is 1.21 bits per heavy atom. The topological polar surface area (TPSA) is 69.0 Å². The maximum Gasteiger partial charge on any atom is 0.230 e. The predicted octanol–water partition coefficient (Wildman–Crippen LogP) is 3.97. The minimum atomic E-state index is 0.0622. The summed E-state index contributed by atoms with van der Waals surface area (Å²) in [5, 5.41) is 12.4. The van der Waals surface area contributed by atoms with E-state index in [1.165, 1.54) is 37.4 Å². The Morgan fingerprint density at radius 3 is 2.68 bits per heavy atom. The molecule has 1 aromatic heterocycles. The number of benzene rings is 1. The largest absolute Gasteiger partial charge is 0.486 e. The summed E-state index contributed by atoms with van der Waals surface area (Å²) < 4.78 is 7.73. The normalized spacial score (nSPS) is 15.0. The van der Waals surface area contributed by atoms with Crippen molar-refractivity contribution in [1.82, 2.24) is 20.1 Å². The summed E-state index contributed by atoms with van der Waals surface area (Å²) in [6, 6.07) is 9.93. The van der Waals surface area contributed by atoms with Crippen LogP contribution in [0, 0.1) is 0 Å². The van der Waals surface area contributed by atoms with Crippen LogP contribution in [-0.2, 0) is 17.9 Å². The highest BCUT2D eigenvalue weighted by molar-refractivity contribution is 7.99. The van der Waals surface area contributed by atoms with Gasteiger partial charge in [-0.25, -0.2) is 0 Å². The molecule has 3 rings (SSSR count). The monoisotopic (exact) mass is 400 g/mol. The summed E-state index contributed by atoms with van der Waals surface area (Å²) in [6.45, 7) is 4.71. The molecule has 0 radical (unpaired) electrons. The van der Waals surface area contributed by atoms with Crippen LogP contribution in [0.4, 0.5) is 0 Å². The van der Waals surface area contributed by atoms with Crippen LogP contribution in [0.2, 0.25) is 0 Å². The molecule has 2 aromatic rings. The molecule has 7 heteroatoms. The second-order valence-corrected chi connectivity index (χ2v) is 7.89. The van der Waals surface area contributed by atoms with Gasteiger partial charge in [-0.15, -0.1) is 16.8 Å². The van der Waals surface area contributed by atoms with Crippen molar-refractivity contribution < 1.29 is 9.53 Å². The number of amides is 1. The van der Waals surface area contributed by atoms with E-state index >= 15 is 0 Å². The molecule has 0 saturated heterocycles. The van der Waals surface area contributed by atoms with Gasteiger partial charge in [0.15, 0.2) is 11.0 Å². The second kappa shape index (κ2) is 10.9. The number of ether oxygens (including phenoxy) is 1. The van der Waals surface area contributed by atoms with Crippen LogP contribution < -0.4 is 10.1 Å². The molecule has 0 spiro atoms. The molecule has 1 aromatic carbocycles. The zero-order chi connectivity index (χ0) is 19.6. The second-order valence-electron chi connectivity index (χ2n) is 6.94. The molecule has 0 unspecified atom stereocenters. The first kappa shape index (κ1) is 20.5. The van der Waals surface area contributed by atoms with Gasteiger partial charge in [0, 0.05) is 12.6 Å². The smallest absolute Gasteiger partial charge is 0.230 e. The number of rotatable bonds is 9. The van der Waals surface area contributed by atoms with Crippen molar-refractivity contribution >= 4 is 17.7 Å². The lowest BCUT2D eigenvalue weighted by molar-refractivity contribution is -0.119. The van der Waals surface area contributed by atoms with Gasteiger partial charge in [-0.1, -0.05) is 61.7 Å². The Hall–Kier alpha value is -2.28. The summed E-state index contributed by atoms with van der Waals surface area (Å²) in [6.07, 6.45) is 8.94. The maximum atomic E-state index is 12.3. The Labute approximate surface area is 170 Å². The van der Waals surface area contributed by atoms with Gasteiger partial charge in [0.05, 0.1) is 5.75 Å². The molecule has 1 heterocycles. The highest BCUT2D eigenvalue weighted by Crippen LogP contribution is 2.20. The van der Waals surface area contributed by atoms with Crippen LogP contribution in [-0.4, -0.2) is 32.5 Å². The van der Waals surface area contributed by atoms with Gasteiger partial charge in [0.2, 0.25) is 5.91 Å². The molecule has 0 aliphatic heterocycles. The van der Waals surface area contributed by atoms with Crippen LogP contribution in [0.3, 0.4) is 0 Å². The lowest BCUT2D eigenvalue weighted by Gasteiger charge is -2.16. The lowest BCUT2D eigenvalue weighted by Crippen LogP contribution is -2.35. The summed E-state index contributed by atoms with van der Waals surface area (Å²) in [4.78, 5) is 12.3. The summed E-state index contributed by atoms with van der Waals surface area (Å²) >= 11 is 1.41. The summed E-state index contributed by atoms with van der Waals surface area (Å²) in [5.74, 6) is 1.90. The number of hydrogen-bond acceptors (Lipinski definition) is 5. The molecule has 1 aliphatic rings. The van der Waals surface area contributed by atoms with Gasteiger partial charge in [-0.3, -0.25) is 9.36 Å². The third-order valence-electron chi connectivity index (χ3n) is 4.77. The van der Waals surface area contributed by atoms with Gasteiger partial charge < -0.3 is 10.1 Å². The highest BCUT2D eigenvalue weighted by Gasteiger charge is 2.17. The average molecular weight is 401 g/mol. The van der Waals surface area contributed by atoms with Crippen LogP contribution in [0.1, 0.15) is 44.3 Å². The number of hydrogen-bond donors (Lipinski definition) is 1. The van der Waals surface area contributed by atoms with Gasteiger partial charge in [-0.2, -0.15) is 0 Å². The number of carbonyl (C=O) groups is 1. The van der Waals surface area contributed by atoms with E-state index in [0.717, 1.165) is 24.4 Å². The number of thioether (sulfide) groups is 1. The molecule has 1 amide bonds. The third kappa shape index (κ3) is 6.12. The maximum absolute atomic E-state index is 12.3. The Kier molecular flexibility index (Phi) is 7.96. The molecule has 6 nitrogen and oxygen atoms in total. The van der Waals surface area contributed by atoms with E-state index < -0.39 is 0 Å². The SMILES string of the molecule is C=CCn1c(COc2ccccc2)nnc1SCC(=O)NC1CCCCCC1. The molecular weight excluding hydrogens is 372 g/mol. The van der Waals surface area contributed by atoms with Crippen molar-refractivity contribution in [2.45, 2.75) is 62.9 Å². The number of nitrogens with one attached hydrogen (secondary N) is 1. The van der Waals surface area contributed by atoms with E-state index in [4.69, 9.17) is 4.74 Å². The Morgan fingerprint density at radius 2 is 1.96 bits per heavy atom. The molecule has 0 atom stereocenters. The number of allylic oxidation sites excluding steroid dienone is 1. The van der Waals surface area contributed by atoms with E-state index in [9.17, 15) is 4.79 Å².